The van der Waals surface area contributed by atoms with Gasteiger partial charge in [-0.3, -0.25) is 4.90 Å². The van der Waals surface area contributed by atoms with Gasteiger partial charge in [-0.05, 0) is 69.2 Å². The zero-order valence-corrected chi connectivity index (χ0v) is 24.0. The lowest BCUT2D eigenvalue weighted by Gasteiger charge is -2.30. The van der Waals surface area contributed by atoms with Crippen LogP contribution in [0.2, 0.25) is 0 Å². The van der Waals surface area contributed by atoms with Gasteiger partial charge in [0.05, 0.1) is 0 Å². The van der Waals surface area contributed by atoms with Crippen molar-refractivity contribution in [1.29, 1.82) is 0 Å². The Morgan fingerprint density at radius 2 is 1.24 bits per heavy atom. The maximum absolute atomic E-state index is 11.5. The summed E-state index contributed by atoms with van der Waals surface area (Å²) in [6.07, 6.45) is 0. The van der Waals surface area contributed by atoms with Crippen molar-refractivity contribution in [3.63, 3.8) is 0 Å². The Kier molecular flexibility index (Phi) is 7.69. The van der Waals surface area contributed by atoms with Crippen molar-refractivity contribution in [3.05, 3.63) is 89.0 Å². The van der Waals surface area contributed by atoms with E-state index < -0.39 is 0 Å². The van der Waals surface area contributed by atoms with E-state index >= 15 is 0 Å². The van der Waals surface area contributed by atoms with Gasteiger partial charge in [0.25, 0.3) is 0 Å². The number of aromatic hydroxyl groups is 1. The molecule has 196 valence electrons. The fourth-order valence-electron chi connectivity index (χ4n) is 5.12. The molecule has 0 heterocycles. The minimum absolute atomic E-state index is 0.00273. The van der Waals surface area contributed by atoms with Crippen LogP contribution in [0.5, 0.6) is 5.75 Å². The summed E-state index contributed by atoms with van der Waals surface area (Å²) >= 11 is 0. The Morgan fingerprint density at radius 3 is 1.76 bits per heavy atom. The van der Waals surface area contributed by atoms with E-state index in [1.165, 1.54) is 32.7 Å². The minimum atomic E-state index is -0.138. The molecule has 0 aliphatic carbocycles. The van der Waals surface area contributed by atoms with E-state index in [9.17, 15) is 5.11 Å². The lowest BCUT2D eigenvalue weighted by Crippen LogP contribution is -2.31. The first-order chi connectivity index (χ1) is 17.3. The second kappa shape index (κ2) is 10.5. The summed E-state index contributed by atoms with van der Waals surface area (Å²) in [6.45, 7) is 16.7. The Hall–Kier alpha value is -2.88. The molecule has 0 unspecified atom stereocenters. The van der Waals surface area contributed by atoms with Crippen LogP contribution in [0.1, 0.15) is 63.8 Å². The molecule has 0 aliphatic rings. The van der Waals surface area contributed by atoms with Crippen LogP contribution >= 0.6 is 0 Å². The van der Waals surface area contributed by atoms with Gasteiger partial charge in [-0.15, -0.1) is 0 Å². The van der Waals surface area contributed by atoms with Gasteiger partial charge >= 0.3 is 0 Å². The molecule has 3 nitrogen and oxygen atoms in total. The SMILES string of the molecule is CN(C)CCN(Cc1cc(C(C)(C)C)cc(C(C)(C)C)c1O)Cc1c2ccccc2cc2ccccc12. The summed E-state index contributed by atoms with van der Waals surface area (Å²) < 4.78 is 0. The Morgan fingerprint density at radius 1 is 0.676 bits per heavy atom. The van der Waals surface area contributed by atoms with Crippen LogP contribution < -0.4 is 0 Å². The van der Waals surface area contributed by atoms with E-state index in [1.807, 2.05) is 0 Å². The summed E-state index contributed by atoms with van der Waals surface area (Å²) in [5.41, 5.74) is 4.53. The number of nitrogens with zero attached hydrogens (tertiary/aromatic N) is 2. The van der Waals surface area contributed by atoms with Crippen LogP contribution in [-0.4, -0.2) is 42.1 Å². The second-order valence-corrected chi connectivity index (χ2v) is 12.8. The summed E-state index contributed by atoms with van der Waals surface area (Å²) in [5.74, 6) is 0.443. The van der Waals surface area contributed by atoms with Crippen LogP contribution in [0.4, 0.5) is 0 Å². The number of fused-ring (bicyclic) bond motifs is 2. The molecule has 4 rings (SSSR count). The largest absolute Gasteiger partial charge is 0.507 e. The highest BCUT2D eigenvalue weighted by molar-refractivity contribution is 6.02. The lowest BCUT2D eigenvalue weighted by atomic mass is 9.79. The van der Waals surface area contributed by atoms with Gasteiger partial charge in [-0.25, -0.2) is 0 Å². The molecule has 0 aliphatic heterocycles. The predicted molar refractivity (Wildman–Crippen MR) is 160 cm³/mol. The Bertz CT molecular complexity index is 1340. The van der Waals surface area contributed by atoms with Crippen molar-refractivity contribution in [1.82, 2.24) is 9.80 Å². The zero-order valence-electron chi connectivity index (χ0n) is 24.0. The summed E-state index contributed by atoms with van der Waals surface area (Å²) in [7, 11) is 4.25. The van der Waals surface area contributed by atoms with Crippen LogP contribution in [0.25, 0.3) is 21.5 Å². The maximum Gasteiger partial charge on any atom is 0.123 e. The summed E-state index contributed by atoms with van der Waals surface area (Å²) in [6, 6.07) is 24.2. The van der Waals surface area contributed by atoms with E-state index in [2.05, 4.69) is 132 Å². The molecule has 4 aromatic rings. The van der Waals surface area contributed by atoms with Gasteiger partial charge in [0.2, 0.25) is 0 Å². The van der Waals surface area contributed by atoms with Crippen molar-refractivity contribution in [2.24, 2.45) is 0 Å². The van der Waals surface area contributed by atoms with Gasteiger partial charge in [0.1, 0.15) is 5.75 Å². The number of phenols is 1. The molecule has 0 amide bonds. The molecule has 0 atom stereocenters. The Labute approximate surface area is 223 Å². The first-order valence-electron chi connectivity index (χ1n) is 13.5. The van der Waals surface area contributed by atoms with Gasteiger partial charge in [-0.1, -0.05) is 102 Å². The van der Waals surface area contributed by atoms with Crippen LogP contribution in [-0.2, 0) is 23.9 Å². The first kappa shape index (κ1) is 27.2. The molecule has 3 heteroatoms. The molecular formula is C34H44N2O. The number of hydrogen-bond donors (Lipinski definition) is 1. The molecule has 0 saturated heterocycles. The van der Waals surface area contributed by atoms with E-state index in [-0.39, 0.29) is 10.8 Å². The average Bonchev–Trinajstić information content (AvgIpc) is 2.81. The molecule has 1 N–H and O–H groups in total. The monoisotopic (exact) mass is 496 g/mol. The fraction of sp³-hybridized carbons (Fsp3) is 0.412. The van der Waals surface area contributed by atoms with E-state index in [4.69, 9.17) is 0 Å². The highest BCUT2D eigenvalue weighted by Gasteiger charge is 2.26. The minimum Gasteiger partial charge on any atom is -0.507 e. The average molecular weight is 497 g/mol. The number of benzene rings is 4. The molecule has 0 fully saturated rings. The smallest absolute Gasteiger partial charge is 0.123 e. The van der Waals surface area contributed by atoms with Gasteiger partial charge in [0, 0.05) is 31.7 Å². The molecule has 0 aromatic heterocycles. The van der Waals surface area contributed by atoms with Crippen molar-refractivity contribution >= 4 is 21.5 Å². The van der Waals surface area contributed by atoms with Crippen LogP contribution in [0.15, 0.2) is 66.7 Å². The summed E-state index contributed by atoms with van der Waals surface area (Å²) in [4.78, 5) is 4.74. The molecule has 0 radical (unpaired) electrons. The third-order valence-corrected chi connectivity index (χ3v) is 7.38. The maximum atomic E-state index is 11.5. The highest BCUT2D eigenvalue weighted by Crippen LogP contribution is 2.38. The number of rotatable bonds is 7. The third kappa shape index (κ3) is 6.17. The number of hydrogen-bond acceptors (Lipinski definition) is 3. The molecule has 4 aromatic carbocycles. The quantitative estimate of drug-likeness (QED) is 0.264. The van der Waals surface area contributed by atoms with E-state index in [1.54, 1.807) is 0 Å². The second-order valence-electron chi connectivity index (χ2n) is 12.8. The van der Waals surface area contributed by atoms with Crippen molar-refractivity contribution in [3.8, 4) is 5.75 Å². The molecule has 37 heavy (non-hydrogen) atoms. The molecule has 0 spiro atoms. The van der Waals surface area contributed by atoms with E-state index in [0.29, 0.717) is 12.3 Å². The number of phenolic OH excluding ortho intramolecular Hbond substituents is 1. The van der Waals surface area contributed by atoms with Crippen LogP contribution in [0.3, 0.4) is 0 Å². The first-order valence-corrected chi connectivity index (χ1v) is 13.5. The van der Waals surface area contributed by atoms with Gasteiger partial charge in [0.15, 0.2) is 0 Å². The van der Waals surface area contributed by atoms with E-state index in [0.717, 1.165) is 30.8 Å². The predicted octanol–water partition coefficient (Wildman–Crippen LogP) is 7.86. The molecule has 0 bridgehead atoms. The third-order valence-electron chi connectivity index (χ3n) is 7.38. The summed E-state index contributed by atoms with van der Waals surface area (Å²) in [5, 5.41) is 16.7. The number of likely N-dealkylation sites (N-methyl/N-ethyl adjacent to an activating group) is 1. The van der Waals surface area contributed by atoms with Crippen molar-refractivity contribution in [2.45, 2.75) is 65.5 Å². The normalized spacial score (nSPS) is 12.8. The standard InChI is InChI=1S/C34H44N2O/c1-33(2,3)27-20-26(32(37)31(21-27)34(4,5)6)22-36(18-17-35(7)8)23-30-28-15-11-9-13-24(28)19-25-14-10-12-16-29(25)30/h9-16,19-21,37H,17-18,22-23H2,1-8H3. The topological polar surface area (TPSA) is 26.7 Å². The lowest BCUT2D eigenvalue weighted by molar-refractivity contribution is 0.224. The van der Waals surface area contributed by atoms with Gasteiger partial charge in [-0.2, -0.15) is 0 Å². The fourth-order valence-corrected chi connectivity index (χ4v) is 5.12. The van der Waals surface area contributed by atoms with Crippen molar-refractivity contribution in [2.75, 3.05) is 27.2 Å². The molecule has 0 saturated carbocycles. The highest BCUT2D eigenvalue weighted by atomic mass is 16.3. The van der Waals surface area contributed by atoms with Crippen molar-refractivity contribution < 1.29 is 5.11 Å². The van der Waals surface area contributed by atoms with Crippen LogP contribution in [0, 0.1) is 0 Å². The van der Waals surface area contributed by atoms with Gasteiger partial charge < -0.3 is 10.0 Å². The molecular weight excluding hydrogens is 452 g/mol. The zero-order chi connectivity index (χ0) is 27.0. The Balaban J connectivity index is 1.82.